The molecule has 0 aliphatic rings. The number of fused-ring (bicyclic) bond motifs is 3. The van der Waals surface area contributed by atoms with Crippen molar-refractivity contribution in [3.05, 3.63) is 61.1 Å². The largest absolute Gasteiger partial charge is 4.00 e. The van der Waals surface area contributed by atoms with E-state index in [9.17, 15) is 0 Å². The molecule has 0 radical (unpaired) electrons. The van der Waals surface area contributed by atoms with E-state index in [0.717, 1.165) is 21.8 Å². The van der Waals surface area contributed by atoms with Crippen molar-refractivity contribution in [2.45, 2.75) is 0 Å². The van der Waals surface area contributed by atoms with Crippen molar-refractivity contribution in [3.8, 4) is 0 Å². The summed E-state index contributed by atoms with van der Waals surface area (Å²) in [7, 11) is 0. The standard InChI is InChI=1S/C12H8N2.2ClH.2H2N.Pt/c1-2-5-10-9(4-1)8-14-11-6-3-7-13-12(10)11;;;;;/h1-8H;2*1H;2*1H2;/q;;;2*-1;+4/p-2. The van der Waals surface area contributed by atoms with Gasteiger partial charge in [-0.2, -0.15) is 0 Å². The van der Waals surface area contributed by atoms with Crippen LogP contribution in [0.2, 0.25) is 0 Å². The Morgan fingerprint density at radius 3 is 2.21 bits per heavy atom. The van der Waals surface area contributed by atoms with Gasteiger partial charge < -0.3 is 37.1 Å². The molecule has 0 amide bonds. The maximum atomic E-state index is 4.35. The maximum absolute atomic E-state index is 4.35. The summed E-state index contributed by atoms with van der Waals surface area (Å²) in [5.41, 5.74) is 1.93. The molecule has 3 rings (SSSR count). The summed E-state index contributed by atoms with van der Waals surface area (Å²) in [6, 6.07) is 12.1. The van der Waals surface area contributed by atoms with Gasteiger partial charge in [0, 0.05) is 23.2 Å². The Morgan fingerprint density at radius 2 is 1.47 bits per heavy atom. The summed E-state index contributed by atoms with van der Waals surface area (Å²) >= 11 is 0. The molecule has 0 saturated carbocycles. The minimum Gasteiger partial charge on any atom is -1.00 e. The normalized spacial score (nSPS) is 8.00. The number of hydrogen-bond donors (Lipinski definition) is 0. The molecule has 0 aliphatic heterocycles. The van der Waals surface area contributed by atoms with Gasteiger partial charge >= 0.3 is 21.1 Å². The average Bonchev–Trinajstić information content (AvgIpc) is 2.29. The third-order valence-electron chi connectivity index (χ3n) is 2.35. The molecule has 2 heterocycles. The number of aromatic nitrogens is 2. The predicted molar refractivity (Wildman–Crippen MR) is 67.6 cm³/mol. The Morgan fingerprint density at radius 1 is 0.789 bits per heavy atom. The third-order valence-corrected chi connectivity index (χ3v) is 2.35. The second kappa shape index (κ2) is 10.1. The molecule has 104 valence electrons. The Hall–Kier alpha value is -0.772. The average molecular weight is 478 g/mol. The van der Waals surface area contributed by atoms with Crippen LogP contribution in [0.1, 0.15) is 0 Å². The first-order valence-electron chi connectivity index (χ1n) is 4.53. The zero-order chi connectivity index (χ0) is 9.38. The topological polar surface area (TPSA) is 92.8 Å². The van der Waals surface area contributed by atoms with E-state index in [0.29, 0.717) is 0 Å². The van der Waals surface area contributed by atoms with Crippen LogP contribution in [0.5, 0.6) is 0 Å². The van der Waals surface area contributed by atoms with Gasteiger partial charge in [0.2, 0.25) is 0 Å². The van der Waals surface area contributed by atoms with Gasteiger partial charge in [0.05, 0.1) is 11.0 Å². The van der Waals surface area contributed by atoms with Crippen LogP contribution in [0.25, 0.3) is 34.1 Å². The molecule has 0 bridgehead atoms. The number of pyridine rings is 2. The van der Waals surface area contributed by atoms with Crippen molar-refractivity contribution in [1.29, 1.82) is 0 Å². The van der Waals surface area contributed by atoms with E-state index in [4.69, 9.17) is 0 Å². The van der Waals surface area contributed by atoms with Crippen LogP contribution in [0.4, 0.5) is 0 Å². The summed E-state index contributed by atoms with van der Waals surface area (Å²) in [6.45, 7) is 0. The van der Waals surface area contributed by atoms with Crippen LogP contribution in [0, 0.1) is 0 Å². The van der Waals surface area contributed by atoms with Crippen molar-refractivity contribution >= 4 is 21.8 Å². The molecule has 4 nitrogen and oxygen atoms in total. The SMILES string of the molecule is [Cl-].[Cl-].[NH2-].[NH2-].[Pt+4].c1ccc2c(c1)cnc1cccnc12. The summed E-state index contributed by atoms with van der Waals surface area (Å²) < 4.78 is 0. The van der Waals surface area contributed by atoms with Gasteiger partial charge in [-0.25, -0.2) is 0 Å². The first kappa shape index (κ1) is 23.3. The van der Waals surface area contributed by atoms with E-state index in [1.165, 1.54) is 0 Å². The molecular formula is C12H12Cl2N4Pt. The van der Waals surface area contributed by atoms with Gasteiger partial charge in [-0.05, 0) is 12.1 Å². The molecular weight excluding hydrogens is 466 g/mol. The number of nitrogens with two attached hydrogens (primary N) is 2. The molecule has 7 heteroatoms. The van der Waals surface area contributed by atoms with Gasteiger partial charge in [-0.3, -0.25) is 9.97 Å². The van der Waals surface area contributed by atoms with Crippen LogP contribution < -0.4 is 24.8 Å². The Balaban J connectivity index is -0.000000512. The van der Waals surface area contributed by atoms with Crippen LogP contribution in [0.15, 0.2) is 48.8 Å². The van der Waals surface area contributed by atoms with Gasteiger partial charge in [-0.1, -0.05) is 24.3 Å². The molecule has 1 aromatic carbocycles. The van der Waals surface area contributed by atoms with E-state index in [1.54, 1.807) is 6.20 Å². The molecule has 2 aromatic heterocycles. The van der Waals surface area contributed by atoms with Crippen LogP contribution >= 0.6 is 0 Å². The fraction of sp³-hybridized carbons (Fsp3) is 0. The van der Waals surface area contributed by atoms with E-state index < -0.39 is 0 Å². The second-order valence-electron chi connectivity index (χ2n) is 3.22. The quantitative estimate of drug-likeness (QED) is 0.358. The number of nitrogens with zero attached hydrogens (tertiary/aromatic N) is 2. The van der Waals surface area contributed by atoms with Crippen molar-refractivity contribution in [3.63, 3.8) is 0 Å². The Kier molecular flexibility index (Phi) is 12.4. The number of hydrogen-bond acceptors (Lipinski definition) is 2. The van der Waals surface area contributed by atoms with Crippen molar-refractivity contribution < 1.29 is 45.9 Å². The molecule has 0 unspecified atom stereocenters. The second-order valence-corrected chi connectivity index (χ2v) is 3.22. The molecule has 3 aromatic rings. The number of benzene rings is 1. The van der Waals surface area contributed by atoms with E-state index in [2.05, 4.69) is 22.1 Å². The van der Waals surface area contributed by atoms with E-state index in [1.807, 2.05) is 30.5 Å². The monoisotopic (exact) mass is 477 g/mol. The summed E-state index contributed by atoms with van der Waals surface area (Å²) in [5, 5.41) is 2.30. The van der Waals surface area contributed by atoms with Gasteiger partial charge in [0.15, 0.2) is 0 Å². The predicted octanol–water partition coefficient (Wildman–Crippen LogP) is -1.78. The first-order chi connectivity index (χ1) is 6.95. The van der Waals surface area contributed by atoms with Gasteiger partial charge in [0.25, 0.3) is 0 Å². The smallest absolute Gasteiger partial charge is 1.00 e. The molecule has 0 atom stereocenters. The van der Waals surface area contributed by atoms with Gasteiger partial charge in [0.1, 0.15) is 0 Å². The maximum Gasteiger partial charge on any atom is 4.00 e. The molecule has 19 heavy (non-hydrogen) atoms. The Bertz CT molecular complexity index is 567. The summed E-state index contributed by atoms with van der Waals surface area (Å²) in [4.78, 5) is 8.69. The summed E-state index contributed by atoms with van der Waals surface area (Å²) in [5.74, 6) is 0. The molecule has 0 saturated heterocycles. The summed E-state index contributed by atoms with van der Waals surface area (Å²) in [6.07, 6.45) is 3.69. The fourth-order valence-electron chi connectivity index (χ4n) is 1.67. The molecule has 0 spiro atoms. The molecule has 0 aliphatic carbocycles. The van der Waals surface area contributed by atoms with Crippen molar-refractivity contribution in [2.24, 2.45) is 0 Å². The minimum absolute atomic E-state index is 0. The fourth-order valence-corrected chi connectivity index (χ4v) is 1.67. The third kappa shape index (κ3) is 4.37. The number of rotatable bonds is 0. The zero-order valence-corrected chi connectivity index (χ0v) is 13.5. The van der Waals surface area contributed by atoms with Crippen LogP contribution in [-0.2, 0) is 21.1 Å². The molecule has 0 fully saturated rings. The van der Waals surface area contributed by atoms with Crippen molar-refractivity contribution in [2.75, 3.05) is 0 Å². The Labute approximate surface area is 138 Å². The minimum atomic E-state index is 0. The first-order valence-corrected chi connectivity index (χ1v) is 4.53. The van der Waals surface area contributed by atoms with Gasteiger partial charge in [-0.15, -0.1) is 0 Å². The number of halogens is 2. The van der Waals surface area contributed by atoms with Crippen LogP contribution in [-0.4, -0.2) is 9.97 Å². The van der Waals surface area contributed by atoms with Crippen molar-refractivity contribution in [1.82, 2.24) is 9.97 Å². The van der Waals surface area contributed by atoms with E-state index >= 15 is 0 Å². The van der Waals surface area contributed by atoms with Crippen LogP contribution in [0.3, 0.4) is 0 Å². The molecule has 4 N–H and O–H groups in total. The zero-order valence-electron chi connectivity index (χ0n) is 9.74. The van der Waals surface area contributed by atoms with E-state index in [-0.39, 0.29) is 58.2 Å².